The summed E-state index contributed by atoms with van der Waals surface area (Å²) in [7, 11) is -4.39. The van der Waals surface area contributed by atoms with Crippen LogP contribution in [0.2, 0.25) is 0 Å². The number of carbonyl (C=O) groups excluding carboxylic acids is 2. The Balaban J connectivity index is 3.94. The highest BCUT2D eigenvalue weighted by Gasteiger charge is 2.26. The fourth-order valence-corrected chi connectivity index (χ4v) is 8.84. The number of phosphoric ester groups is 1. The molecule has 0 aromatic carbocycles. The number of rotatable bonds is 53. The van der Waals surface area contributed by atoms with Crippen LogP contribution in [0.4, 0.5) is 0 Å². The molecule has 0 radical (unpaired) electrons. The van der Waals surface area contributed by atoms with Crippen molar-refractivity contribution in [2.24, 2.45) is 5.73 Å². The topological polar surface area (TPSA) is 134 Å². The SMILES string of the molecule is CCCCCC/C=C\C/C=C\CCCCCCCCCC(=O)OC(COC(=O)CCCCCCCCCCCCCCCCC/C=C\CCCCCCCCCC)COP(=O)(O)OCCN. The van der Waals surface area contributed by atoms with Crippen molar-refractivity contribution in [1.29, 1.82) is 0 Å². The molecule has 0 amide bonds. The Labute approximate surface area is 407 Å². The number of carbonyl (C=O) groups is 2. The average molecular weight is 952 g/mol. The number of allylic oxidation sites excluding steroid dienone is 6. The van der Waals surface area contributed by atoms with Gasteiger partial charge in [-0.25, -0.2) is 4.57 Å². The second-order valence-electron chi connectivity index (χ2n) is 18.8. The predicted molar refractivity (Wildman–Crippen MR) is 280 cm³/mol. The fourth-order valence-electron chi connectivity index (χ4n) is 8.07. The Bertz CT molecular complexity index is 1180. The molecule has 2 atom stereocenters. The number of phosphoric acid groups is 1. The summed E-state index contributed by atoms with van der Waals surface area (Å²) in [5.41, 5.74) is 5.37. The lowest BCUT2D eigenvalue weighted by molar-refractivity contribution is -0.161. The van der Waals surface area contributed by atoms with E-state index in [4.69, 9.17) is 24.3 Å². The first kappa shape index (κ1) is 64.2. The van der Waals surface area contributed by atoms with Gasteiger partial charge in [-0.05, 0) is 70.6 Å². The van der Waals surface area contributed by atoms with E-state index >= 15 is 0 Å². The summed E-state index contributed by atoms with van der Waals surface area (Å²) in [6.07, 6.45) is 62.0. The van der Waals surface area contributed by atoms with Gasteiger partial charge in [0.2, 0.25) is 0 Å². The first-order chi connectivity index (χ1) is 32.3. The highest BCUT2D eigenvalue weighted by molar-refractivity contribution is 7.47. The molecule has 9 nitrogen and oxygen atoms in total. The lowest BCUT2D eigenvalue weighted by atomic mass is 10.0. The molecule has 3 N–H and O–H groups in total. The van der Waals surface area contributed by atoms with Crippen molar-refractivity contribution < 1.29 is 37.6 Å². The lowest BCUT2D eigenvalue weighted by Gasteiger charge is -2.19. The third-order valence-electron chi connectivity index (χ3n) is 12.2. The minimum atomic E-state index is -4.39. The molecule has 0 bridgehead atoms. The van der Waals surface area contributed by atoms with Gasteiger partial charge in [-0.1, -0.05) is 230 Å². The Morgan fingerprint density at radius 2 is 0.788 bits per heavy atom. The minimum absolute atomic E-state index is 0.0527. The number of nitrogens with two attached hydrogens (primary N) is 1. The summed E-state index contributed by atoms with van der Waals surface area (Å²) < 4.78 is 33.0. The molecule has 0 spiro atoms. The maximum atomic E-state index is 12.7. The Morgan fingerprint density at radius 1 is 0.455 bits per heavy atom. The van der Waals surface area contributed by atoms with Crippen LogP contribution in [0.1, 0.15) is 277 Å². The van der Waals surface area contributed by atoms with E-state index in [-0.39, 0.29) is 38.6 Å². The molecule has 0 fully saturated rings. The average Bonchev–Trinajstić information content (AvgIpc) is 3.31. The first-order valence-electron chi connectivity index (χ1n) is 28.0. The van der Waals surface area contributed by atoms with E-state index in [0.717, 1.165) is 51.4 Å². The van der Waals surface area contributed by atoms with Crippen LogP contribution in [0.25, 0.3) is 0 Å². The van der Waals surface area contributed by atoms with Crippen molar-refractivity contribution in [1.82, 2.24) is 0 Å². The van der Waals surface area contributed by atoms with E-state index in [1.54, 1.807) is 0 Å². The summed E-state index contributed by atoms with van der Waals surface area (Å²) in [6, 6.07) is 0. The molecule has 66 heavy (non-hydrogen) atoms. The van der Waals surface area contributed by atoms with Gasteiger partial charge in [0, 0.05) is 19.4 Å². The Kier molecular flexibility index (Phi) is 51.2. The summed E-state index contributed by atoms with van der Waals surface area (Å²) in [6.45, 7) is 3.75. The van der Waals surface area contributed by atoms with Gasteiger partial charge in [-0.2, -0.15) is 0 Å². The molecule has 0 saturated carbocycles. The molecule has 0 aromatic heterocycles. The Hall–Kier alpha value is -1.77. The molecule has 0 heterocycles. The molecule has 0 saturated heterocycles. The van der Waals surface area contributed by atoms with Crippen LogP contribution in [-0.4, -0.2) is 49.3 Å². The molecular weight excluding hydrogens is 846 g/mol. The maximum Gasteiger partial charge on any atom is 0.472 e. The van der Waals surface area contributed by atoms with Crippen LogP contribution < -0.4 is 5.73 Å². The van der Waals surface area contributed by atoms with Crippen LogP contribution in [0.15, 0.2) is 36.5 Å². The van der Waals surface area contributed by atoms with Crippen LogP contribution in [-0.2, 0) is 32.7 Å². The predicted octanol–water partition coefficient (Wildman–Crippen LogP) is 17.2. The van der Waals surface area contributed by atoms with Gasteiger partial charge in [0.05, 0.1) is 13.2 Å². The quantitative estimate of drug-likeness (QED) is 0.0264. The maximum absolute atomic E-state index is 12.7. The van der Waals surface area contributed by atoms with Gasteiger partial charge < -0.3 is 20.1 Å². The normalized spacial score (nSPS) is 13.3. The van der Waals surface area contributed by atoms with Gasteiger partial charge in [-0.3, -0.25) is 18.6 Å². The van der Waals surface area contributed by atoms with Crippen LogP contribution in [0.3, 0.4) is 0 Å². The molecule has 388 valence electrons. The minimum Gasteiger partial charge on any atom is -0.462 e. The van der Waals surface area contributed by atoms with Crippen molar-refractivity contribution in [3.63, 3.8) is 0 Å². The third-order valence-corrected chi connectivity index (χ3v) is 13.2. The van der Waals surface area contributed by atoms with E-state index in [1.807, 2.05) is 0 Å². The number of hydrogen-bond acceptors (Lipinski definition) is 8. The molecular formula is C56H106NO8P. The smallest absolute Gasteiger partial charge is 0.462 e. The van der Waals surface area contributed by atoms with Crippen molar-refractivity contribution in [3.05, 3.63) is 36.5 Å². The highest BCUT2D eigenvalue weighted by Crippen LogP contribution is 2.43. The summed E-state index contributed by atoms with van der Waals surface area (Å²) >= 11 is 0. The number of hydrogen-bond donors (Lipinski definition) is 2. The van der Waals surface area contributed by atoms with E-state index in [9.17, 15) is 19.0 Å². The largest absolute Gasteiger partial charge is 0.472 e. The second kappa shape index (κ2) is 52.6. The molecule has 2 unspecified atom stereocenters. The zero-order valence-corrected chi connectivity index (χ0v) is 44.1. The number of esters is 2. The zero-order valence-electron chi connectivity index (χ0n) is 43.2. The van der Waals surface area contributed by atoms with E-state index < -0.39 is 26.5 Å². The van der Waals surface area contributed by atoms with Crippen LogP contribution in [0.5, 0.6) is 0 Å². The molecule has 0 aromatic rings. The highest BCUT2D eigenvalue weighted by atomic mass is 31.2. The Morgan fingerprint density at radius 3 is 1.18 bits per heavy atom. The number of unbranched alkanes of at least 4 members (excludes halogenated alkanes) is 34. The molecule has 10 heteroatoms. The standard InChI is InChI=1S/C56H106NO8P/c1-3-5-7-9-11-13-15-17-19-21-23-24-25-26-27-28-29-30-31-33-34-36-38-40-42-44-46-48-55(58)62-52-54(53-64-66(60,61)63-51-50-57)65-56(59)49-47-45-43-41-39-37-35-32-22-20-18-16-14-12-10-8-6-4-2/h14,16,20-23,54H,3-13,15,17-19,24-53,57H2,1-2H3,(H,60,61)/b16-14-,22-20-,23-21-. The zero-order chi connectivity index (χ0) is 48.1. The van der Waals surface area contributed by atoms with Crippen molar-refractivity contribution in [2.45, 2.75) is 283 Å². The van der Waals surface area contributed by atoms with Gasteiger partial charge in [-0.15, -0.1) is 0 Å². The summed E-state index contributed by atoms with van der Waals surface area (Å²) in [5, 5.41) is 0. The summed E-state index contributed by atoms with van der Waals surface area (Å²) in [5.74, 6) is -0.826. The molecule has 0 aliphatic heterocycles. The second-order valence-corrected chi connectivity index (χ2v) is 20.3. The lowest BCUT2D eigenvalue weighted by Crippen LogP contribution is -2.29. The summed E-state index contributed by atoms with van der Waals surface area (Å²) in [4.78, 5) is 35.1. The van der Waals surface area contributed by atoms with Crippen molar-refractivity contribution in [3.8, 4) is 0 Å². The van der Waals surface area contributed by atoms with Gasteiger partial charge in [0.25, 0.3) is 0 Å². The first-order valence-corrected chi connectivity index (χ1v) is 29.5. The van der Waals surface area contributed by atoms with E-state index in [1.165, 1.54) is 193 Å². The van der Waals surface area contributed by atoms with Gasteiger partial charge in [0.15, 0.2) is 6.10 Å². The fraction of sp³-hybridized carbons (Fsp3) is 0.857. The van der Waals surface area contributed by atoms with Crippen LogP contribution in [0, 0.1) is 0 Å². The molecule has 0 aliphatic rings. The molecule has 0 rings (SSSR count). The van der Waals surface area contributed by atoms with Gasteiger partial charge >= 0.3 is 19.8 Å². The van der Waals surface area contributed by atoms with Crippen molar-refractivity contribution >= 4 is 19.8 Å². The monoisotopic (exact) mass is 952 g/mol. The third kappa shape index (κ3) is 51.6. The molecule has 0 aliphatic carbocycles. The van der Waals surface area contributed by atoms with Gasteiger partial charge in [0.1, 0.15) is 6.61 Å². The van der Waals surface area contributed by atoms with E-state index in [0.29, 0.717) is 6.42 Å². The van der Waals surface area contributed by atoms with E-state index in [2.05, 4.69) is 50.3 Å². The van der Waals surface area contributed by atoms with Crippen molar-refractivity contribution in [2.75, 3.05) is 26.4 Å². The number of ether oxygens (including phenoxy) is 2. The van der Waals surface area contributed by atoms with Crippen LogP contribution >= 0.6 is 7.82 Å².